The average molecular weight is 363 g/mol. The summed E-state index contributed by atoms with van der Waals surface area (Å²) in [6, 6.07) is 0. The summed E-state index contributed by atoms with van der Waals surface area (Å²) in [6.07, 6.45) is 4.78. The summed E-state index contributed by atoms with van der Waals surface area (Å²) >= 11 is 1.65. The molecular weight excluding hydrogens is 338 g/mol. The Bertz CT molecular complexity index is 688. The zero-order valence-corrected chi connectivity index (χ0v) is 15.4. The van der Waals surface area contributed by atoms with Gasteiger partial charge in [0.1, 0.15) is 11.6 Å². The van der Waals surface area contributed by atoms with Gasteiger partial charge in [-0.15, -0.1) is 10.2 Å². The second-order valence-corrected chi connectivity index (χ2v) is 7.68. The molecule has 0 radical (unpaired) electrons. The Labute approximate surface area is 151 Å². The van der Waals surface area contributed by atoms with Gasteiger partial charge in [-0.2, -0.15) is 5.10 Å². The molecule has 0 amide bonds. The highest BCUT2D eigenvalue weighted by atomic mass is 32.2. The van der Waals surface area contributed by atoms with Crippen molar-refractivity contribution in [3.8, 4) is 0 Å². The van der Waals surface area contributed by atoms with Crippen LogP contribution in [0.15, 0.2) is 5.16 Å². The molecule has 2 aliphatic heterocycles. The van der Waals surface area contributed by atoms with Crippen LogP contribution in [0, 0.1) is 6.92 Å². The highest BCUT2D eigenvalue weighted by molar-refractivity contribution is 7.98. The molecule has 4 heterocycles. The normalized spacial score (nSPS) is 21.9. The summed E-state index contributed by atoms with van der Waals surface area (Å²) < 4.78 is 8.15. The molecule has 1 atom stereocenters. The van der Waals surface area contributed by atoms with Crippen LogP contribution in [-0.4, -0.2) is 55.7 Å². The number of thioether (sulfide) groups is 1. The zero-order valence-electron chi connectivity index (χ0n) is 14.6. The van der Waals surface area contributed by atoms with Crippen LogP contribution in [0.2, 0.25) is 0 Å². The predicted octanol–water partition coefficient (Wildman–Crippen LogP) is 1.64. The van der Waals surface area contributed by atoms with Gasteiger partial charge in [-0.05, 0) is 45.7 Å². The molecular formula is C16H25N7OS. The number of piperidine rings is 1. The van der Waals surface area contributed by atoms with Crippen LogP contribution in [0.4, 0.5) is 0 Å². The van der Waals surface area contributed by atoms with Crippen LogP contribution in [-0.2, 0) is 17.0 Å². The first kappa shape index (κ1) is 17.0. The van der Waals surface area contributed by atoms with Crippen LogP contribution < -0.4 is 5.32 Å². The summed E-state index contributed by atoms with van der Waals surface area (Å²) in [7, 11) is 0. The van der Waals surface area contributed by atoms with Gasteiger partial charge in [0.05, 0.1) is 18.4 Å². The molecule has 0 saturated carbocycles. The fraction of sp³-hybridized carbons (Fsp3) is 0.750. The minimum atomic E-state index is 0.279. The van der Waals surface area contributed by atoms with E-state index in [4.69, 9.17) is 4.74 Å². The summed E-state index contributed by atoms with van der Waals surface area (Å²) in [5.41, 5.74) is 0. The van der Waals surface area contributed by atoms with Crippen molar-refractivity contribution in [2.45, 2.75) is 62.1 Å². The maximum absolute atomic E-state index is 5.86. The Morgan fingerprint density at radius 2 is 2.12 bits per heavy atom. The first-order valence-corrected chi connectivity index (χ1v) is 10.0. The third-order valence-electron chi connectivity index (χ3n) is 4.83. The number of ether oxygens (including phenoxy) is 1. The first-order valence-electron chi connectivity index (χ1n) is 9.05. The Balaban J connectivity index is 1.52. The number of hydrogen-bond donors (Lipinski definition) is 2. The summed E-state index contributed by atoms with van der Waals surface area (Å²) in [5.74, 6) is 3.94. The van der Waals surface area contributed by atoms with E-state index >= 15 is 0 Å². The van der Waals surface area contributed by atoms with Crippen LogP contribution in [0.1, 0.15) is 49.1 Å². The number of aromatic amines is 1. The molecule has 0 aromatic carbocycles. The molecule has 2 N–H and O–H groups in total. The second-order valence-electron chi connectivity index (χ2n) is 6.74. The third-order valence-corrected chi connectivity index (χ3v) is 5.80. The Morgan fingerprint density at radius 1 is 1.24 bits per heavy atom. The van der Waals surface area contributed by atoms with Crippen LogP contribution in [0.3, 0.4) is 0 Å². The van der Waals surface area contributed by atoms with Crippen LogP contribution >= 0.6 is 11.8 Å². The molecule has 2 fully saturated rings. The predicted molar refractivity (Wildman–Crippen MR) is 94.5 cm³/mol. The summed E-state index contributed by atoms with van der Waals surface area (Å²) in [5, 5.41) is 20.5. The molecule has 2 saturated heterocycles. The van der Waals surface area contributed by atoms with E-state index in [1.54, 1.807) is 11.8 Å². The molecule has 0 aliphatic carbocycles. The molecule has 2 aliphatic rings. The van der Waals surface area contributed by atoms with E-state index in [2.05, 4.69) is 35.3 Å². The molecule has 0 spiro atoms. The minimum absolute atomic E-state index is 0.279. The van der Waals surface area contributed by atoms with Crippen molar-refractivity contribution in [2.24, 2.45) is 0 Å². The topological polar surface area (TPSA) is 93.5 Å². The number of nitrogens with zero attached hydrogens (tertiary/aromatic N) is 5. The minimum Gasteiger partial charge on any atom is -0.376 e. The van der Waals surface area contributed by atoms with Gasteiger partial charge >= 0.3 is 0 Å². The Morgan fingerprint density at radius 3 is 2.84 bits per heavy atom. The van der Waals surface area contributed by atoms with Gasteiger partial charge in [0.25, 0.3) is 0 Å². The molecule has 2 aromatic rings. The molecule has 25 heavy (non-hydrogen) atoms. The molecule has 0 unspecified atom stereocenters. The Hall–Kier alpha value is -1.45. The second kappa shape index (κ2) is 7.84. The number of aryl methyl sites for hydroxylation is 1. The number of H-pyrrole nitrogens is 1. The lowest BCUT2D eigenvalue weighted by molar-refractivity contribution is 0.0936. The molecule has 8 nitrogen and oxygen atoms in total. The highest BCUT2D eigenvalue weighted by Gasteiger charge is 2.26. The van der Waals surface area contributed by atoms with Crippen molar-refractivity contribution >= 4 is 11.8 Å². The molecule has 136 valence electrons. The fourth-order valence-corrected chi connectivity index (χ4v) is 4.34. The van der Waals surface area contributed by atoms with Gasteiger partial charge in [0.15, 0.2) is 11.0 Å². The van der Waals surface area contributed by atoms with Crippen molar-refractivity contribution < 1.29 is 4.74 Å². The van der Waals surface area contributed by atoms with Crippen molar-refractivity contribution in [1.82, 2.24) is 35.3 Å². The monoisotopic (exact) mass is 363 g/mol. The molecule has 0 bridgehead atoms. The van der Waals surface area contributed by atoms with E-state index in [9.17, 15) is 0 Å². The standard InChI is InChI=1S/C16H25N7OS/c1-11-18-14(20-19-11)10-25-16-22-21-15(12-4-6-17-7-5-12)23(16)9-13-3-2-8-24-13/h12-13,17H,2-10H2,1H3,(H,18,19,20)/t13-/m0/s1. The van der Waals surface area contributed by atoms with Gasteiger partial charge in [-0.3, -0.25) is 5.10 Å². The summed E-state index contributed by atoms with van der Waals surface area (Å²) in [6.45, 7) is 5.74. The van der Waals surface area contributed by atoms with Gasteiger partial charge in [0, 0.05) is 12.5 Å². The quantitative estimate of drug-likeness (QED) is 0.754. The van der Waals surface area contributed by atoms with Crippen LogP contribution in [0.5, 0.6) is 0 Å². The lowest BCUT2D eigenvalue weighted by Gasteiger charge is -2.23. The van der Waals surface area contributed by atoms with Gasteiger partial charge in [-0.1, -0.05) is 11.8 Å². The van der Waals surface area contributed by atoms with E-state index in [-0.39, 0.29) is 6.10 Å². The van der Waals surface area contributed by atoms with E-state index in [0.717, 1.165) is 74.6 Å². The maximum atomic E-state index is 5.86. The van der Waals surface area contributed by atoms with Gasteiger partial charge in [0.2, 0.25) is 0 Å². The molecule has 9 heteroatoms. The van der Waals surface area contributed by atoms with Gasteiger partial charge < -0.3 is 14.6 Å². The van der Waals surface area contributed by atoms with E-state index < -0.39 is 0 Å². The SMILES string of the molecule is Cc1nc(CSc2nnc(C3CCNCC3)n2C[C@@H]2CCCO2)n[nH]1. The Kier molecular flexibility index (Phi) is 5.33. The lowest BCUT2D eigenvalue weighted by Crippen LogP contribution is -2.29. The summed E-state index contributed by atoms with van der Waals surface area (Å²) in [4.78, 5) is 4.38. The molecule has 4 rings (SSSR count). The van der Waals surface area contributed by atoms with Gasteiger partial charge in [-0.25, -0.2) is 4.98 Å². The van der Waals surface area contributed by atoms with E-state index in [1.807, 2.05) is 6.92 Å². The first-order chi connectivity index (χ1) is 12.3. The van der Waals surface area contributed by atoms with E-state index in [1.165, 1.54) is 0 Å². The average Bonchev–Trinajstić information content (AvgIpc) is 3.36. The van der Waals surface area contributed by atoms with Crippen LogP contribution in [0.25, 0.3) is 0 Å². The number of hydrogen-bond acceptors (Lipinski definition) is 7. The number of aromatic nitrogens is 6. The smallest absolute Gasteiger partial charge is 0.191 e. The largest absolute Gasteiger partial charge is 0.376 e. The highest BCUT2D eigenvalue weighted by Crippen LogP contribution is 2.29. The van der Waals surface area contributed by atoms with Crippen molar-refractivity contribution in [1.29, 1.82) is 0 Å². The fourth-order valence-electron chi connectivity index (χ4n) is 3.54. The van der Waals surface area contributed by atoms with E-state index in [0.29, 0.717) is 11.7 Å². The van der Waals surface area contributed by atoms with Crippen molar-refractivity contribution in [3.63, 3.8) is 0 Å². The zero-order chi connectivity index (χ0) is 17.1. The number of nitrogens with one attached hydrogen (secondary N) is 2. The van der Waals surface area contributed by atoms with Crippen molar-refractivity contribution in [2.75, 3.05) is 19.7 Å². The lowest BCUT2D eigenvalue weighted by atomic mass is 9.97. The number of rotatable bonds is 6. The third kappa shape index (κ3) is 4.04. The van der Waals surface area contributed by atoms with Crippen molar-refractivity contribution in [3.05, 3.63) is 17.5 Å². The molecule has 2 aromatic heterocycles. The maximum Gasteiger partial charge on any atom is 0.191 e.